The minimum absolute atomic E-state index is 0.0567. The first-order valence-corrected chi connectivity index (χ1v) is 7.72. The highest BCUT2D eigenvalue weighted by Crippen LogP contribution is 2.29. The number of ether oxygens (including phenoxy) is 1. The average molecular weight is 290 g/mol. The summed E-state index contributed by atoms with van der Waals surface area (Å²) in [7, 11) is 0. The molecule has 1 saturated heterocycles. The maximum Gasteiger partial charge on any atom is 0.227 e. The second kappa shape index (κ2) is 7.05. The molecule has 0 atom stereocenters. The van der Waals surface area contributed by atoms with Crippen molar-refractivity contribution >= 4 is 5.91 Å². The molecule has 21 heavy (non-hydrogen) atoms. The molecular weight excluding hydrogens is 264 g/mol. The van der Waals surface area contributed by atoms with Crippen molar-refractivity contribution < 1.29 is 9.53 Å². The number of nitrogens with two attached hydrogens (primary N) is 1. The van der Waals surface area contributed by atoms with Crippen LogP contribution in [0.15, 0.2) is 24.3 Å². The molecule has 4 heteroatoms. The number of rotatable bonds is 5. The van der Waals surface area contributed by atoms with Gasteiger partial charge in [-0.3, -0.25) is 4.79 Å². The highest BCUT2D eigenvalue weighted by molar-refractivity contribution is 5.83. The fraction of sp³-hybridized carbons (Fsp3) is 0.588. The smallest absolute Gasteiger partial charge is 0.227 e. The second-order valence-corrected chi connectivity index (χ2v) is 6.18. The third-order valence-electron chi connectivity index (χ3n) is 4.42. The molecule has 0 radical (unpaired) electrons. The predicted octanol–water partition coefficient (Wildman–Crippen LogP) is 2.18. The summed E-state index contributed by atoms with van der Waals surface area (Å²) < 4.78 is 5.34. The third kappa shape index (κ3) is 3.83. The summed E-state index contributed by atoms with van der Waals surface area (Å²) in [5.41, 5.74) is 7.83. The largest absolute Gasteiger partial charge is 0.381 e. The van der Waals surface area contributed by atoms with Gasteiger partial charge in [0.15, 0.2) is 0 Å². The SMILES string of the molecule is CC(C)c1ccc(CNC(=O)C2(CN)CCOCC2)cc1. The predicted molar refractivity (Wildman–Crippen MR) is 83.9 cm³/mol. The van der Waals surface area contributed by atoms with Crippen LogP contribution in [0.2, 0.25) is 0 Å². The van der Waals surface area contributed by atoms with E-state index >= 15 is 0 Å². The van der Waals surface area contributed by atoms with E-state index in [-0.39, 0.29) is 5.91 Å². The van der Waals surface area contributed by atoms with Crippen LogP contribution in [0.3, 0.4) is 0 Å². The average Bonchev–Trinajstić information content (AvgIpc) is 2.53. The van der Waals surface area contributed by atoms with E-state index in [1.165, 1.54) is 5.56 Å². The van der Waals surface area contributed by atoms with Crippen LogP contribution in [0.5, 0.6) is 0 Å². The maximum absolute atomic E-state index is 12.5. The molecule has 4 nitrogen and oxygen atoms in total. The van der Waals surface area contributed by atoms with Gasteiger partial charge in [-0.2, -0.15) is 0 Å². The minimum Gasteiger partial charge on any atom is -0.381 e. The Morgan fingerprint density at radius 1 is 1.29 bits per heavy atom. The molecule has 3 N–H and O–H groups in total. The van der Waals surface area contributed by atoms with Crippen molar-refractivity contribution in [2.24, 2.45) is 11.1 Å². The molecule has 0 bridgehead atoms. The first-order valence-electron chi connectivity index (χ1n) is 7.72. The summed E-state index contributed by atoms with van der Waals surface area (Å²) >= 11 is 0. The lowest BCUT2D eigenvalue weighted by Crippen LogP contribution is -2.48. The zero-order valence-electron chi connectivity index (χ0n) is 13.0. The Labute approximate surface area is 127 Å². The third-order valence-corrected chi connectivity index (χ3v) is 4.42. The number of hydrogen-bond acceptors (Lipinski definition) is 3. The van der Waals surface area contributed by atoms with Gasteiger partial charge >= 0.3 is 0 Å². The topological polar surface area (TPSA) is 64.4 Å². The van der Waals surface area contributed by atoms with Crippen LogP contribution in [0.25, 0.3) is 0 Å². The Kier molecular flexibility index (Phi) is 5.37. The van der Waals surface area contributed by atoms with Crippen LogP contribution in [0.1, 0.15) is 43.7 Å². The molecule has 1 aliphatic rings. The molecule has 0 aliphatic carbocycles. The minimum atomic E-state index is -0.448. The molecule has 1 aromatic rings. The van der Waals surface area contributed by atoms with Crippen LogP contribution in [0.4, 0.5) is 0 Å². The summed E-state index contributed by atoms with van der Waals surface area (Å²) in [5.74, 6) is 0.581. The van der Waals surface area contributed by atoms with Crippen molar-refractivity contribution in [1.82, 2.24) is 5.32 Å². The fourth-order valence-corrected chi connectivity index (χ4v) is 2.68. The van der Waals surface area contributed by atoms with Crippen LogP contribution < -0.4 is 11.1 Å². The van der Waals surface area contributed by atoms with E-state index in [0.717, 1.165) is 5.56 Å². The molecule has 0 unspecified atom stereocenters. The Morgan fingerprint density at radius 3 is 2.43 bits per heavy atom. The molecular formula is C17H26N2O2. The number of benzene rings is 1. The molecule has 1 aromatic carbocycles. The summed E-state index contributed by atoms with van der Waals surface area (Å²) in [5, 5.41) is 3.03. The molecule has 1 amide bonds. The van der Waals surface area contributed by atoms with Crippen molar-refractivity contribution in [2.75, 3.05) is 19.8 Å². The molecule has 1 fully saturated rings. The Hall–Kier alpha value is -1.39. The lowest BCUT2D eigenvalue weighted by atomic mass is 9.79. The molecule has 0 spiro atoms. The quantitative estimate of drug-likeness (QED) is 0.873. The van der Waals surface area contributed by atoms with Gasteiger partial charge in [0.1, 0.15) is 0 Å². The van der Waals surface area contributed by atoms with E-state index in [2.05, 4.69) is 43.4 Å². The van der Waals surface area contributed by atoms with Gasteiger partial charge in [-0.15, -0.1) is 0 Å². The van der Waals surface area contributed by atoms with Crippen molar-refractivity contribution in [2.45, 2.75) is 39.2 Å². The summed E-state index contributed by atoms with van der Waals surface area (Å²) in [6.07, 6.45) is 1.42. The highest BCUT2D eigenvalue weighted by atomic mass is 16.5. The summed E-state index contributed by atoms with van der Waals surface area (Å²) in [6, 6.07) is 8.40. The number of nitrogens with one attached hydrogen (secondary N) is 1. The van der Waals surface area contributed by atoms with E-state index < -0.39 is 5.41 Å². The van der Waals surface area contributed by atoms with Crippen LogP contribution in [-0.4, -0.2) is 25.7 Å². The van der Waals surface area contributed by atoms with Crippen molar-refractivity contribution in [1.29, 1.82) is 0 Å². The molecule has 116 valence electrons. The Balaban J connectivity index is 1.93. The van der Waals surface area contributed by atoms with E-state index in [4.69, 9.17) is 10.5 Å². The van der Waals surface area contributed by atoms with Gasteiger partial charge in [-0.05, 0) is 29.9 Å². The number of hydrogen-bond donors (Lipinski definition) is 2. The van der Waals surface area contributed by atoms with Gasteiger partial charge in [0, 0.05) is 26.3 Å². The van der Waals surface area contributed by atoms with E-state index in [0.29, 0.717) is 45.1 Å². The van der Waals surface area contributed by atoms with E-state index in [9.17, 15) is 4.79 Å². The molecule has 0 saturated carbocycles. The first kappa shape index (κ1) is 16.0. The number of carbonyl (C=O) groups excluding carboxylic acids is 1. The van der Waals surface area contributed by atoms with Crippen molar-refractivity contribution in [3.8, 4) is 0 Å². The van der Waals surface area contributed by atoms with Gasteiger partial charge in [-0.25, -0.2) is 0 Å². The van der Waals surface area contributed by atoms with Crippen LogP contribution >= 0.6 is 0 Å². The zero-order chi connectivity index (χ0) is 15.3. The van der Waals surface area contributed by atoms with Gasteiger partial charge in [0.05, 0.1) is 5.41 Å². The first-order chi connectivity index (χ1) is 10.1. The van der Waals surface area contributed by atoms with Crippen LogP contribution in [0, 0.1) is 5.41 Å². The van der Waals surface area contributed by atoms with Gasteiger partial charge in [0.25, 0.3) is 0 Å². The summed E-state index contributed by atoms with van der Waals surface area (Å²) in [6.45, 7) is 6.52. The standard InChI is InChI=1S/C17H26N2O2/c1-13(2)15-5-3-14(4-6-15)11-19-16(20)17(12-18)7-9-21-10-8-17/h3-6,13H,7-12,18H2,1-2H3,(H,19,20). The van der Waals surface area contributed by atoms with Crippen molar-refractivity contribution in [3.63, 3.8) is 0 Å². The van der Waals surface area contributed by atoms with E-state index in [1.54, 1.807) is 0 Å². The Morgan fingerprint density at radius 2 is 1.90 bits per heavy atom. The number of amides is 1. The van der Waals surface area contributed by atoms with Gasteiger partial charge in [0.2, 0.25) is 5.91 Å². The molecule has 1 heterocycles. The molecule has 0 aromatic heterocycles. The zero-order valence-corrected chi connectivity index (χ0v) is 13.0. The fourth-order valence-electron chi connectivity index (χ4n) is 2.68. The molecule has 2 rings (SSSR count). The Bertz CT molecular complexity index is 462. The second-order valence-electron chi connectivity index (χ2n) is 6.18. The normalized spacial score (nSPS) is 17.7. The van der Waals surface area contributed by atoms with Crippen LogP contribution in [-0.2, 0) is 16.1 Å². The summed E-state index contributed by atoms with van der Waals surface area (Å²) in [4.78, 5) is 12.5. The van der Waals surface area contributed by atoms with Crippen molar-refractivity contribution in [3.05, 3.63) is 35.4 Å². The van der Waals surface area contributed by atoms with Gasteiger partial charge in [-0.1, -0.05) is 38.1 Å². The molecule has 1 aliphatic heterocycles. The monoisotopic (exact) mass is 290 g/mol. The van der Waals surface area contributed by atoms with Gasteiger partial charge < -0.3 is 15.8 Å². The lowest BCUT2D eigenvalue weighted by Gasteiger charge is -2.34. The maximum atomic E-state index is 12.5. The lowest BCUT2D eigenvalue weighted by molar-refractivity contribution is -0.136. The highest BCUT2D eigenvalue weighted by Gasteiger charge is 2.38. The van der Waals surface area contributed by atoms with E-state index in [1.807, 2.05) is 0 Å². The number of carbonyl (C=O) groups is 1.